The molecule has 4 heteroatoms. The molecule has 0 saturated heterocycles. The standard InChI is InChI=1S/C17H15Br2FO/c1-17(2)9-11-7-10(3-6-15(11)21-17)16(19)13-5-4-12(18)8-14(13)20/h3-8,16H,9H2,1-2H3. The minimum absolute atomic E-state index is 0.161. The molecule has 0 saturated carbocycles. The zero-order valence-corrected chi connectivity index (χ0v) is 15.0. The lowest BCUT2D eigenvalue weighted by Crippen LogP contribution is -2.24. The summed E-state index contributed by atoms with van der Waals surface area (Å²) in [7, 11) is 0. The van der Waals surface area contributed by atoms with Gasteiger partial charge < -0.3 is 4.74 Å². The summed E-state index contributed by atoms with van der Waals surface area (Å²) in [5.74, 6) is 0.711. The van der Waals surface area contributed by atoms with Gasteiger partial charge in [0.1, 0.15) is 17.2 Å². The summed E-state index contributed by atoms with van der Waals surface area (Å²) < 4.78 is 20.7. The molecule has 21 heavy (non-hydrogen) atoms. The summed E-state index contributed by atoms with van der Waals surface area (Å²) in [4.78, 5) is -0.167. The number of hydrogen-bond donors (Lipinski definition) is 0. The van der Waals surface area contributed by atoms with Gasteiger partial charge >= 0.3 is 0 Å². The van der Waals surface area contributed by atoms with Crippen LogP contribution in [0.5, 0.6) is 5.75 Å². The molecule has 0 N–H and O–H groups in total. The molecule has 0 amide bonds. The fourth-order valence-corrected chi connectivity index (χ4v) is 3.66. The van der Waals surface area contributed by atoms with Crippen molar-refractivity contribution in [2.45, 2.75) is 30.7 Å². The highest BCUT2D eigenvalue weighted by Crippen LogP contribution is 2.40. The predicted molar refractivity (Wildman–Crippen MR) is 89.7 cm³/mol. The van der Waals surface area contributed by atoms with Gasteiger partial charge in [-0.15, -0.1) is 0 Å². The molecule has 1 nitrogen and oxygen atoms in total. The Hall–Kier alpha value is -0.870. The van der Waals surface area contributed by atoms with E-state index in [1.54, 1.807) is 6.07 Å². The molecule has 0 aliphatic carbocycles. The van der Waals surface area contributed by atoms with Gasteiger partial charge in [0.25, 0.3) is 0 Å². The number of rotatable bonds is 2. The molecule has 0 radical (unpaired) electrons. The van der Waals surface area contributed by atoms with Gasteiger partial charge in [-0.3, -0.25) is 0 Å². The number of benzene rings is 2. The number of hydrogen-bond acceptors (Lipinski definition) is 1. The van der Waals surface area contributed by atoms with Crippen molar-refractivity contribution < 1.29 is 9.13 Å². The quantitative estimate of drug-likeness (QED) is 0.566. The first-order chi connectivity index (χ1) is 9.85. The van der Waals surface area contributed by atoms with Crippen LogP contribution < -0.4 is 4.74 Å². The molecule has 1 heterocycles. The summed E-state index contributed by atoms with van der Waals surface area (Å²) in [5.41, 5.74) is 2.69. The summed E-state index contributed by atoms with van der Waals surface area (Å²) in [6.07, 6.45) is 0.874. The van der Waals surface area contributed by atoms with E-state index in [-0.39, 0.29) is 16.2 Å². The molecular weight excluding hydrogens is 399 g/mol. The van der Waals surface area contributed by atoms with Crippen molar-refractivity contribution >= 4 is 31.9 Å². The van der Waals surface area contributed by atoms with Gasteiger partial charge in [-0.1, -0.05) is 50.1 Å². The predicted octanol–water partition coefficient (Wildman–Crippen LogP) is 5.79. The van der Waals surface area contributed by atoms with Gasteiger partial charge in [-0.05, 0) is 43.2 Å². The second-order valence-electron chi connectivity index (χ2n) is 5.93. The molecule has 110 valence electrons. The molecule has 0 fully saturated rings. The lowest BCUT2D eigenvalue weighted by atomic mass is 9.97. The number of fused-ring (bicyclic) bond motifs is 1. The molecule has 1 atom stereocenters. The molecule has 2 aromatic rings. The van der Waals surface area contributed by atoms with E-state index in [1.165, 1.54) is 11.6 Å². The van der Waals surface area contributed by atoms with Crippen molar-refractivity contribution in [1.82, 2.24) is 0 Å². The SMILES string of the molecule is CC1(C)Cc2cc(C(Br)c3ccc(Br)cc3F)ccc2O1. The van der Waals surface area contributed by atoms with Crippen LogP contribution >= 0.6 is 31.9 Å². The summed E-state index contributed by atoms with van der Waals surface area (Å²) >= 11 is 6.89. The average Bonchev–Trinajstić information content (AvgIpc) is 2.70. The molecule has 1 aliphatic heterocycles. The molecule has 3 rings (SSSR count). The van der Waals surface area contributed by atoms with Crippen molar-refractivity contribution in [3.8, 4) is 5.75 Å². The van der Waals surface area contributed by atoms with E-state index < -0.39 is 0 Å². The first-order valence-electron chi connectivity index (χ1n) is 6.76. The maximum absolute atomic E-state index is 14.1. The van der Waals surface area contributed by atoms with E-state index in [0.717, 1.165) is 22.2 Å². The number of alkyl halides is 1. The summed E-state index contributed by atoms with van der Waals surface area (Å²) in [6.45, 7) is 4.15. The topological polar surface area (TPSA) is 9.23 Å². The van der Waals surface area contributed by atoms with E-state index in [2.05, 4.69) is 51.8 Å². The Bertz CT molecular complexity index is 697. The summed E-state index contributed by atoms with van der Waals surface area (Å²) in [6, 6.07) is 11.2. The molecule has 1 unspecified atom stereocenters. The Morgan fingerprint density at radius 1 is 1.19 bits per heavy atom. The lowest BCUT2D eigenvalue weighted by molar-refractivity contribution is 0.138. The third-order valence-electron chi connectivity index (χ3n) is 3.62. The smallest absolute Gasteiger partial charge is 0.129 e. The van der Waals surface area contributed by atoms with Crippen LogP contribution in [0.1, 0.15) is 35.4 Å². The molecule has 0 bridgehead atoms. The fraction of sp³-hybridized carbons (Fsp3) is 0.294. The van der Waals surface area contributed by atoms with Crippen LogP contribution in [-0.2, 0) is 6.42 Å². The van der Waals surface area contributed by atoms with Gasteiger partial charge in [-0.2, -0.15) is 0 Å². The van der Waals surface area contributed by atoms with E-state index in [4.69, 9.17) is 4.74 Å². The zero-order chi connectivity index (χ0) is 15.2. The van der Waals surface area contributed by atoms with Crippen molar-refractivity contribution in [2.75, 3.05) is 0 Å². The van der Waals surface area contributed by atoms with Crippen LogP contribution in [0, 0.1) is 5.82 Å². The van der Waals surface area contributed by atoms with Gasteiger partial charge in [-0.25, -0.2) is 4.39 Å². The van der Waals surface area contributed by atoms with Gasteiger partial charge in [0.15, 0.2) is 0 Å². The first kappa shape index (κ1) is 15.0. The monoisotopic (exact) mass is 412 g/mol. The Kier molecular flexibility index (Phi) is 3.87. The normalized spacial score (nSPS) is 17.2. The Balaban J connectivity index is 1.95. The molecule has 2 aromatic carbocycles. The maximum atomic E-state index is 14.1. The Morgan fingerprint density at radius 2 is 1.95 bits per heavy atom. The van der Waals surface area contributed by atoms with Crippen LogP contribution in [-0.4, -0.2) is 5.60 Å². The highest BCUT2D eigenvalue weighted by atomic mass is 79.9. The molecule has 1 aliphatic rings. The average molecular weight is 414 g/mol. The van der Waals surface area contributed by atoms with Crippen LogP contribution in [0.3, 0.4) is 0 Å². The highest BCUT2D eigenvalue weighted by Gasteiger charge is 2.30. The minimum Gasteiger partial charge on any atom is -0.487 e. The van der Waals surface area contributed by atoms with Crippen LogP contribution in [0.2, 0.25) is 0 Å². The van der Waals surface area contributed by atoms with Gasteiger partial charge in [0, 0.05) is 16.5 Å². The van der Waals surface area contributed by atoms with E-state index >= 15 is 0 Å². The Labute approximate surface area is 140 Å². The minimum atomic E-state index is -0.219. The number of halogens is 3. The molecule has 0 aromatic heterocycles. The van der Waals surface area contributed by atoms with E-state index in [1.807, 2.05) is 18.2 Å². The first-order valence-corrected chi connectivity index (χ1v) is 8.47. The maximum Gasteiger partial charge on any atom is 0.129 e. The number of ether oxygens (including phenoxy) is 1. The molecule has 0 spiro atoms. The zero-order valence-electron chi connectivity index (χ0n) is 11.8. The lowest BCUT2D eigenvalue weighted by Gasteiger charge is -2.16. The van der Waals surface area contributed by atoms with Gasteiger partial charge in [0.2, 0.25) is 0 Å². The second kappa shape index (κ2) is 5.40. The van der Waals surface area contributed by atoms with Gasteiger partial charge in [0.05, 0.1) is 4.83 Å². The van der Waals surface area contributed by atoms with Crippen molar-refractivity contribution in [3.05, 3.63) is 63.4 Å². The second-order valence-corrected chi connectivity index (χ2v) is 7.77. The van der Waals surface area contributed by atoms with Crippen LogP contribution in [0.15, 0.2) is 40.9 Å². The third-order valence-corrected chi connectivity index (χ3v) is 5.13. The Morgan fingerprint density at radius 3 is 2.67 bits per heavy atom. The van der Waals surface area contributed by atoms with Crippen LogP contribution in [0.4, 0.5) is 4.39 Å². The van der Waals surface area contributed by atoms with E-state index in [0.29, 0.717) is 5.56 Å². The van der Waals surface area contributed by atoms with Crippen LogP contribution in [0.25, 0.3) is 0 Å². The van der Waals surface area contributed by atoms with E-state index in [9.17, 15) is 4.39 Å². The summed E-state index contributed by atoms with van der Waals surface area (Å²) in [5, 5.41) is 0. The van der Waals surface area contributed by atoms with Crippen molar-refractivity contribution in [1.29, 1.82) is 0 Å². The largest absolute Gasteiger partial charge is 0.487 e. The molecular formula is C17H15Br2FO. The van der Waals surface area contributed by atoms with Crippen molar-refractivity contribution in [2.24, 2.45) is 0 Å². The third kappa shape index (κ3) is 3.02. The van der Waals surface area contributed by atoms with Crippen molar-refractivity contribution in [3.63, 3.8) is 0 Å². The fourth-order valence-electron chi connectivity index (χ4n) is 2.67. The highest BCUT2D eigenvalue weighted by molar-refractivity contribution is 9.10.